The maximum atomic E-state index is 12.5. The van der Waals surface area contributed by atoms with Gasteiger partial charge in [0.05, 0.1) is 12.6 Å². The van der Waals surface area contributed by atoms with E-state index in [4.69, 9.17) is 10.5 Å². The van der Waals surface area contributed by atoms with Crippen molar-refractivity contribution in [1.29, 1.82) is 0 Å². The number of hydrogen-bond donors (Lipinski definition) is 1. The topological polar surface area (TPSA) is 55.6 Å². The Balaban J connectivity index is 2.13. The maximum Gasteiger partial charge on any atom is 0.265 e. The van der Waals surface area contributed by atoms with Gasteiger partial charge in [0.1, 0.15) is 4.88 Å². The second-order valence-electron chi connectivity index (χ2n) is 4.42. The Morgan fingerprint density at radius 3 is 3.26 bits per heavy atom. The lowest BCUT2D eigenvalue weighted by Crippen LogP contribution is -2.42. The Morgan fingerprint density at radius 1 is 1.68 bits per heavy atom. The van der Waals surface area contributed by atoms with E-state index in [1.54, 1.807) is 7.11 Å². The van der Waals surface area contributed by atoms with E-state index >= 15 is 0 Å². The molecular weight excluding hydrogens is 260 g/mol. The third-order valence-corrected chi connectivity index (χ3v) is 4.09. The summed E-state index contributed by atoms with van der Waals surface area (Å²) < 4.78 is 5.35. The minimum atomic E-state index is 0.0538. The Morgan fingerprint density at radius 2 is 2.53 bits per heavy atom. The average Bonchev–Trinajstić information content (AvgIpc) is 2.92. The number of nitrogens with two attached hydrogens (primary N) is 1. The fraction of sp³-hybridized carbons (Fsp3) is 0.500. The van der Waals surface area contributed by atoms with Crippen LogP contribution in [0, 0.1) is 11.8 Å². The summed E-state index contributed by atoms with van der Waals surface area (Å²) in [6.07, 6.45) is 2.15. The molecule has 0 radical (unpaired) electrons. The molecule has 1 amide bonds. The minimum absolute atomic E-state index is 0.0538. The van der Waals surface area contributed by atoms with E-state index in [0.29, 0.717) is 18.0 Å². The third-order valence-electron chi connectivity index (χ3n) is 3.18. The van der Waals surface area contributed by atoms with E-state index in [0.717, 1.165) is 24.9 Å². The summed E-state index contributed by atoms with van der Waals surface area (Å²) in [5.74, 6) is 5.81. The van der Waals surface area contributed by atoms with Crippen molar-refractivity contribution >= 4 is 17.2 Å². The standard InChI is InChI=1S/C14H18N2O2S/c1-18-12-5-3-8-16(10-12)14(17)13-11(4-2-7-15)6-9-19-13/h6,9,12H,3,5,7-8,10,15H2,1H3. The summed E-state index contributed by atoms with van der Waals surface area (Å²) in [7, 11) is 1.70. The Kier molecular flexibility index (Phi) is 4.97. The van der Waals surface area contributed by atoms with Crippen LogP contribution in [-0.2, 0) is 4.74 Å². The van der Waals surface area contributed by atoms with Crippen molar-refractivity contribution < 1.29 is 9.53 Å². The van der Waals surface area contributed by atoms with Crippen molar-refractivity contribution in [2.45, 2.75) is 18.9 Å². The molecule has 1 aliphatic rings. The van der Waals surface area contributed by atoms with Gasteiger partial charge in [-0.25, -0.2) is 0 Å². The quantitative estimate of drug-likeness (QED) is 0.830. The zero-order valence-corrected chi connectivity index (χ0v) is 11.8. The van der Waals surface area contributed by atoms with Gasteiger partial charge >= 0.3 is 0 Å². The highest BCUT2D eigenvalue weighted by molar-refractivity contribution is 7.12. The predicted octanol–water partition coefficient (Wildman–Crippen LogP) is 1.31. The maximum absolute atomic E-state index is 12.5. The van der Waals surface area contributed by atoms with Crippen molar-refractivity contribution in [3.8, 4) is 11.8 Å². The van der Waals surface area contributed by atoms with Crippen LogP contribution in [0.25, 0.3) is 0 Å². The van der Waals surface area contributed by atoms with Gasteiger partial charge < -0.3 is 15.4 Å². The van der Waals surface area contributed by atoms with Crippen LogP contribution in [0.15, 0.2) is 11.4 Å². The van der Waals surface area contributed by atoms with E-state index in [1.807, 2.05) is 16.3 Å². The fourth-order valence-electron chi connectivity index (χ4n) is 2.18. The molecule has 1 unspecified atom stereocenters. The summed E-state index contributed by atoms with van der Waals surface area (Å²) >= 11 is 1.44. The van der Waals surface area contributed by atoms with Gasteiger partial charge in [0.25, 0.3) is 5.91 Å². The Labute approximate surface area is 117 Å². The molecule has 1 atom stereocenters. The van der Waals surface area contributed by atoms with Crippen molar-refractivity contribution in [1.82, 2.24) is 4.90 Å². The molecule has 0 aliphatic carbocycles. The number of methoxy groups -OCH3 is 1. The number of nitrogens with zero attached hydrogens (tertiary/aromatic N) is 1. The second kappa shape index (κ2) is 6.71. The monoisotopic (exact) mass is 278 g/mol. The largest absolute Gasteiger partial charge is 0.380 e. The molecule has 1 aromatic heterocycles. The van der Waals surface area contributed by atoms with Crippen LogP contribution in [0.4, 0.5) is 0 Å². The number of piperidine rings is 1. The van der Waals surface area contributed by atoms with Gasteiger partial charge in [0.15, 0.2) is 0 Å². The van der Waals surface area contributed by atoms with Crippen molar-refractivity contribution in [2.24, 2.45) is 5.73 Å². The molecule has 4 nitrogen and oxygen atoms in total. The first-order valence-electron chi connectivity index (χ1n) is 6.34. The predicted molar refractivity (Wildman–Crippen MR) is 76.2 cm³/mol. The number of ether oxygens (including phenoxy) is 1. The number of likely N-dealkylation sites (tertiary alicyclic amines) is 1. The van der Waals surface area contributed by atoms with Gasteiger partial charge in [-0.1, -0.05) is 11.8 Å². The minimum Gasteiger partial charge on any atom is -0.380 e. The van der Waals surface area contributed by atoms with Gasteiger partial charge in [0.2, 0.25) is 0 Å². The van der Waals surface area contributed by atoms with E-state index in [2.05, 4.69) is 11.8 Å². The van der Waals surface area contributed by atoms with E-state index < -0.39 is 0 Å². The molecule has 0 saturated carbocycles. The van der Waals surface area contributed by atoms with Gasteiger partial charge in [-0.2, -0.15) is 0 Å². The molecule has 2 N–H and O–H groups in total. The molecule has 2 rings (SSSR count). The smallest absolute Gasteiger partial charge is 0.265 e. The Hall–Kier alpha value is -1.35. The summed E-state index contributed by atoms with van der Waals surface area (Å²) in [5.41, 5.74) is 6.15. The second-order valence-corrected chi connectivity index (χ2v) is 5.34. The highest BCUT2D eigenvalue weighted by Gasteiger charge is 2.26. The average molecular weight is 278 g/mol. The first-order valence-corrected chi connectivity index (χ1v) is 7.22. The molecule has 2 heterocycles. The van der Waals surface area contributed by atoms with Crippen molar-refractivity contribution in [3.63, 3.8) is 0 Å². The molecule has 102 valence electrons. The van der Waals surface area contributed by atoms with Crippen molar-refractivity contribution in [2.75, 3.05) is 26.7 Å². The molecule has 1 fully saturated rings. The summed E-state index contributed by atoms with van der Waals surface area (Å²) in [5, 5.41) is 1.89. The molecule has 1 aromatic rings. The lowest BCUT2D eigenvalue weighted by Gasteiger charge is -2.31. The molecule has 0 aromatic carbocycles. The summed E-state index contributed by atoms with van der Waals surface area (Å²) in [6, 6.07) is 1.87. The van der Waals surface area contributed by atoms with Gasteiger partial charge in [-0.05, 0) is 24.3 Å². The number of amides is 1. The SMILES string of the molecule is COC1CCCN(C(=O)c2sccc2C#CCN)C1. The molecule has 1 saturated heterocycles. The van der Waals surface area contributed by atoms with Gasteiger partial charge in [-0.15, -0.1) is 11.3 Å². The number of rotatable bonds is 2. The normalized spacial score (nSPS) is 18.8. The van der Waals surface area contributed by atoms with Crippen molar-refractivity contribution in [3.05, 3.63) is 21.9 Å². The highest BCUT2D eigenvalue weighted by Crippen LogP contribution is 2.21. The van der Waals surface area contributed by atoms with Gasteiger partial charge in [0, 0.05) is 25.8 Å². The molecule has 5 heteroatoms. The zero-order valence-electron chi connectivity index (χ0n) is 11.0. The lowest BCUT2D eigenvalue weighted by atomic mass is 10.1. The van der Waals surface area contributed by atoms with Crippen LogP contribution in [0.1, 0.15) is 28.1 Å². The Bertz CT molecular complexity index is 501. The molecule has 0 spiro atoms. The van der Waals surface area contributed by atoms with Crippen LogP contribution in [-0.4, -0.2) is 43.7 Å². The van der Waals surface area contributed by atoms with E-state index in [-0.39, 0.29) is 12.0 Å². The van der Waals surface area contributed by atoms with E-state index in [1.165, 1.54) is 11.3 Å². The highest BCUT2D eigenvalue weighted by atomic mass is 32.1. The molecule has 0 bridgehead atoms. The number of carbonyl (C=O) groups is 1. The van der Waals surface area contributed by atoms with Crippen LogP contribution in [0.5, 0.6) is 0 Å². The molecular formula is C14H18N2O2S. The first kappa shape index (κ1) is 14.1. The third kappa shape index (κ3) is 3.35. The molecule has 19 heavy (non-hydrogen) atoms. The van der Waals surface area contributed by atoms with Gasteiger partial charge in [-0.3, -0.25) is 4.79 Å². The van der Waals surface area contributed by atoms with Crippen LogP contribution >= 0.6 is 11.3 Å². The summed E-state index contributed by atoms with van der Waals surface area (Å²) in [6.45, 7) is 1.76. The zero-order chi connectivity index (χ0) is 13.7. The van der Waals surface area contributed by atoms with E-state index in [9.17, 15) is 4.79 Å². The number of thiophene rings is 1. The molecule has 1 aliphatic heterocycles. The lowest BCUT2D eigenvalue weighted by molar-refractivity contribution is 0.0271. The fourth-order valence-corrected chi connectivity index (χ4v) is 2.99. The number of carbonyl (C=O) groups excluding carboxylic acids is 1. The number of hydrogen-bond acceptors (Lipinski definition) is 4. The van der Waals surface area contributed by atoms with Crippen LogP contribution in [0.2, 0.25) is 0 Å². The first-order chi connectivity index (χ1) is 9.26. The van der Waals surface area contributed by atoms with Crippen LogP contribution < -0.4 is 5.73 Å². The summed E-state index contributed by atoms with van der Waals surface area (Å²) in [4.78, 5) is 15.1. The van der Waals surface area contributed by atoms with Crippen LogP contribution in [0.3, 0.4) is 0 Å².